The monoisotopic (exact) mass is 87.1 g/mol. The molecule has 0 saturated carbocycles. The first-order chi connectivity index (χ1) is 2.84. The molecule has 0 amide bonds. The van der Waals surface area contributed by atoms with Gasteiger partial charge in [-0.25, -0.2) is 0 Å². The van der Waals surface area contributed by atoms with Gasteiger partial charge in [0.25, 0.3) is 0 Å². The second-order valence-electron chi connectivity index (χ2n) is 1.55. The van der Waals surface area contributed by atoms with E-state index in [1.807, 2.05) is 0 Å². The van der Waals surface area contributed by atoms with Gasteiger partial charge in [-0.15, -0.1) is 0 Å². The van der Waals surface area contributed by atoms with Crippen LogP contribution in [0.2, 0.25) is 0 Å². The Morgan fingerprint density at radius 1 is 1.83 bits per heavy atom. The van der Waals surface area contributed by atoms with E-state index in [4.69, 9.17) is 10.5 Å². The lowest BCUT2D eigenvalue weighted by Crippen LogP contribution is -2.03. The van der Waals surface area contributed by atoms with E-state index < -0.39 is 0 Å². The second kappa shape index (κ2) is 1.21. The first-order valence-corrected chi connectivity index (χ1v) is 2.25. The van der Waals surface area contributed by atoms with Crippen molar-refractivity contribution in [3.63, 3.8) is 0 Å². The Morgan fingerprint density at radius 2 is 2.33 bits per heavy atom. The molecule has 2 heteroatoms. The first kappa shape index (κ1) is 4.09. The van der Waals surface area contributed by atoms with Gasteiger partial charge in [0, 0.05) is 0 Å². The molecule has 1 saturated heterocycles. The topological polar surface area (TPSA) is 38.5 Å². The molecule has 1 heterocycles. The Morgan fingerprint density at radius 3 is 2.33 bits per heavy atom. The summed E-state index contributed by atoms with van der Waals surface area (Å²) in [7, 11) is 0. The van der Waals surface area contributed by atoms with Crippen LogP contribution >= 0.6 is 0 Å². The summed E-state index contributed by atoms with van der Waals surface area (Å²) in [6.45, 7) is 2.07. The van der Waals surface area contributed by atoms with Gasteiger partial charge in [0.05, 0.1) is 6.10 Å². The lowest BCUT2D eigenvalue weighted by Gasteiger charge is -1.72. The predicted octanol–water partition coefficient (Wildman–Crippen LogP) is 0.0800. The highest BCUT2D eigenvalue weighted by molar-refractivity contribution is 4.76. The highest BCUT2D eigenvalue weighted by atomic mass is 16.6. The number of nitrogens with two attached hydrogens (primary N) is 1. The summed E-state index contributed by atoms with van der Waals surface area (Å²) in [6, 6.07) is 0. The third-order valence-corrected chi connectivity index (χ3v) is 1.02. The Bertz CT molecular complexity index is 53.5. The first-order valence-electron chi connectivity index (χ1n) is 2.25. The summed E-state index contributed by atoms with van der Waals surface area (Å²) in [5.74, 6) is 0. The van der Waals surface area contributed by atoms with Gasteiger partial charge in [-0.05, 0) is 6.42 Å². The Balaban J connectivity index is 2.09. The molecule has 1 rings (SSSR count). The molecule has 0 radical (unpaired) electrons. The molecule has 2 N–H and O–H groups in total. The summed E-state index contributed by atoms with van der Waals surface area (Å²) in [5, 5.41) is 0. The lowest BCUT2D eigenvalue weighted by atomic mass is 10.3. The maximum atomic E-state index is 5.25. The summed E-state index contributed by atoms with van der Waals surface area (Å²) in [6.07, 6.45) is 1.50. The maximum Gasteiger partial charge on any atom is 0.132 e. The van der Waals surface area contributed by atoms with Gasteiger partial charge in [-0.1, -0.05) is 6.92 Å². The molecule has 0 unspecified atom stereocenters. The number of hydrogen-bond acceptors (Lipinski definition) is 2. The third kappa shape index (κ3) is 0.533. The van der Waals surface area contributed by atoms with Crippen molar-refractivity contribution in [2.75, 3.05) is 0 Å². The smallest absolute Gasteiger partial charge is 0.132 e. The van der Waals surface area contributed by atoms with Crippen LogP contribution in [0.1, 0.15) is 13.3 Å². The molecular formula is C4H9NO. The van der Waals surface area contributed by atoms with Gasteiger partial charge in [0.1, 0.15) is 6.23 Å². The van der Waals surface area contributed by atoms with Crippen LogP contribution in [0.5, 0.6) is 0 Å². The minimum atomic E-state index is 0.0648. The van der Waals surface area contributed by atoms with E-state index in [1.165, 1.54) is 0 Å². The highest BCUT2D eigenvalue weighted by Gasteiger charge is 2.32. The zero-order chi connectivity index (χ0) is 4.57. The average Bonchev–Trinajstić information content (AvgIpc) is 2.19. The zero-order valence-electron chi connectivity index (χ0n) is 3.85. The van der Waals surface area contributed by atoms with Crippen LogP contribution in [0.15, 0.2) is 0 Å². The van der Waals surface area contributed by atoms with Crippen molar-refractivity contribution in [3.8, 4) is 0 Å². The van der Waals surface area contributed by atoms with E-state index in [9.17, 15) is 0 Å². The van der Waals surface area contributed by atoms with Gasteiger partial charge in [-0.2, -0.15) is 0 Å². The SMILES string of the molecule is CC[C@@H]1O[C@H]1N. The van der Waals surface area contributed by atoms with E-state index in [0.717, 1.165) is 6.42 Å². The van der Waals surface area contributed by atoms with Crippen LogP contribution in [-0.2, 0) is 4.74 Å². The number of epoxide rings is 1. The van der Waals surface area contributed by atoms with E-state index in [2.05, 4.69) is 6.92 Å². The molecule has 1 aliphatic heterocycles. The molecule has 1 fully saturated rings. The molecule has 0 spiro atoms. The lowest BCUT2D eigenvalue weighted by molar-refractivity contribution is 0.370. The summed E-state index contributed by atoms with van der Waals surface area (Å²) in [4.78, 5) is 0. The van der Waals surface area contributed by atoms with E-state index >= 15 is 0 Å². The molecule has 0 aromatic rings. The van der Waals surface area contributed by atoms with Gasteiger partial charge in [0.2, 0.25) is 0 Å². The van der Waals surface area contributed by atoms with Crippen LogP contribution in [0, 0.1) is 0 Å². The highest BCUT2D eigenvalue weighted by Crippen LogP contribution is 2.18. The van der Waals surface area contributed by atoms with E-state index in [1.54, 1.807) is 0 Å². The second-order valence-corrected chi connectivity index (χ2v) is 1.55. The van der Waals surface area contributed by atoms with Crippen molar-refractivity contribution in [2.24, 2.45) is 5.73 Å². The Kier molecular flexibility index (Phi) is 0.821. The molecule has 1 aliphatic rings. The molecule has 36 valence electrons. The molecule has 2 nitrogen and oxygen atoms in total. The van der Waals surface area contributed by atoms with Gasteiger partial charge >= 0.3 is 0 Å². The van der Waals surface area contributed by atoms with Gasteiger partial charge in [-0.3, -0.25) is 0 Å². The summed E-state index contributed by atoms with van der Waals surface area (Å²) in [5.41, 5.74) is 5.25. The molecule has 0 aliphatic carbocycles. The van der Waals surface area contributed by atoms with E-state index in [-0.39, 0.29) is 6.23 Å². The minimum Gasteiger partial charge on any atom is -0.353 e. The van der Waals surface area contributed by atoms with Crippen molar-refractivity contribution in [1.82, 2.24) is 0 Å². The van der Waals surface area contributed by atoms with Crippen LogP contribution in [-0.4, -0.2) is 12.3 Å². The quantitative estimate of drug-likeness (QED) is 0.460. The van der Waals surface area contributed by atoms with Crippen LogP contribution in [0.4, 0.5) is 0 Å². The van der Waals surface area contributed by atoms with Crippen LogP contribution in [0.3, 0.4) is 0 Å². The molecule has 2 atom stereocenters. The fourth-order valence-corrected chi connectivity index (χ4v) is 0.485. The van der Waals surface area contributed by atoms with Crippen molar-refractivity contribution in [3.05, 3.63) is 0 Å². The molecule has 0 aromatic carbocycles. The zero-order valence-corrected chi connectivity index (χ0v) is 3.85. The van der Waals surface area contributed by atoms with E-state index in [0.29, 0.717) is 6.10 Å². The van der Waals surface area contributed by atoms with Crippen molar-refractivity contribution in [2.45, 2.75) is 25.7 Å². The fourth-order valence-electron chi connectivity index (χ4n) is 0.485. The van der Waals surface area contributed by atoms with Gasteiger partial charge in [0.15, 0.2) is 0 Å². The standard InChI is InChI=1S/C4H9NO/c1-2-3-4(5)6-3/h3-4H,2,5H2,1H3/t3-,4+/m0/s1. The average molecular weight is 87.1 g/mol. The van der Waals surface area contributed by atoms with Crippen molar-refractivity contribution >= 4 is 0 Å². The molecular weight excluding hydrogens is 78.1 g/mol. The molecule has 6 heavy (non-hydrogen) atoms. The predicted molar refractivity (Wildman–Crippen MR) is 23.1 cm³/mol. The largest absolute Gasteiger partial charge is 0.353 e. The maximum absolute atomic E-state index is 5.25. The Hall–Kier alpha value is -0.0800. The molecule has 0 aromatic heterocycles. The fraction of sp³-hybridized carbons (Fsp3) is 1.00. The Labute approximate surface area is 37.3 Å². The van der Waals surface area contributed by atoms with Crippen LogP contribution < -0.4 is 5.73 Å². The number of hydrogen-bond donors (Lipinski definition) is 1. The summed E-state index contributed by atoms with van der Waals surface area (Å²) >= 11 is 0. The third-order valence-electron chi connectivity index (χ3n) is 1.02. The van der Waals surface area contributed by atoms with Gasteiger partial charge < -0.3 is 10.5 Å². The minimum absolute atomic E-state index is 0.0648. The molecule has 0 bridgehead atoms. The summed E-state index contributed by atoms with van der Waals surface area (Å²) < 4.78 is 4.84. The number of rotatable bonds is 1. The normalized spacial score (nSPS) is 43.0. The van der Waals surface area contributed by atoms with Crippen LogP contribution in [0.25, 0.3) is 0 Å². The van der Waals surface area contributed by atoms with Crippen molar-refractivity contribution in [1.29, 1.82) is 0 Å². The van der Waals surface area contributed by atoms with Crippen molar-refractivity contribution < 1.29 is 4.74 Å². The number of ether oxygens (including phenoxy) is 1.